The zero-order chi connectivity index (χ0) is 14.6. The van der Waals surface area contributed by atoms with Gasteiger partial charge in [0.2, 0.25) is 0 Å². The lowest BCUT2D eigenvalue weighted by Crippen LogP contribution is -2.25. The van der Waals surface area contributed by atoms with E-state index in [0.29, 0.717) is 6.61 Å². The minimum atomic E-state index is 0.661. The second kappa shape index (κ2) is 10.5. The first-order valence-corrected chi connectivity index (χ1v) is 7.44. The maximum absolute atomic E-state index is 5.76. The number of nitrogens with one attached hydrogen (secondary N) is 1. The highest BCUT2D eigenvalue weighted by Gasteiger charge is 2.03. The average Bonchev–Trinajstić information content (AvgIpc) is 2.44. The molecule has 1 rings (SSSR count). The van der Waals surface area contributed by atoms with Gasteiger partial charge in [-0.1, -0.05) is 19.1 Å². The van der Waals surface area contributed by atoms with Crippen LogP contribution in [-0.4, -0.2) is 51.8 Å². The SMILES string of the molecule is CCCOc1ccccc1OCCNCCCN(C)C. The molecule has 0 bridgehead atoms. The lowest BCUT2D eigenvalue weighted by molar-refractivity contribution is 0.267. The van der Waals surface area contributed by atoms with Crippen molar-refractivity contribution in [3.05, 3.63) is 24.3 Å². The Morgan fingerprint density at radius 2 is 1.65 bits per heavy atom. The lowest BCUT2D eigenvalue weighted by atomic mass is 10.3. The standard InChI is InChI=1S/C16H28N2O2/c1-4-13-19-15-8-5-6-9-16(15)20-14-11-17-10-7-12-18(2)3/h5-6,8-9,17H,4,7,10-14H2,1-3H3. The van der Waals surface area contributed by atoms with E-state index in [9.17, 15) is 0 Å². The van der Waals surface area contributed by atoms with Crippen LogP contribution in [-0.2, 0) is 0 Å². The number of hydrogen-bond donors (Lipinski definition) is 1. The molecule has 0 aliphatic rings. The van der Waals surface area contributed by atoms with E-state index in [1.807, 2.05) is 24.3 Å². The molecule has 0 atom stereocenters. The Morgan fingerprint density at radius 1 is 1.00 bits per heavy atom. The van der Waals surface area contributed by atoms with E-state index in [0.717, 1.165) is 50.6 Å². The van der Waals surface area contributed by atoms with Gasteiger partial charge in [-0.25, -0.2) is 0 Å². The van der Waals surface area contributed by atoms with Crippen molar-refractivity contribution < 1.29 is 9.47 Å². The molecule has 0 unspecified atom stereocenters. The van der Waals surface area contributed by atoms with Gasteiger partial charge in [-0.15, -0.1) is 0 Å². The second-order valence-corrected chi connectivity index (χ2v) is 5.05. The van der Waals surface area contributed by atoms with Crippen LogP contribution >= 0.6 is 0 Å². The minimum absolute atomic E-state index is 0.661. The molecule has 1 aromatic carbocycles. The number of hydrogen-bond acceptors (Lipinski definition) is 4. The summed E-state index contributed by atoms with van der Waals surface area (Å²) in [5.41, 5.74) is 0. The van der Waals surface area contributed by atoms with Gasteiger partial charge in [0.25, 0.3) is 0 Å². The van der Waals surface area contributed by atoms with E-state index in [-0.39, 0.29) is 0 Å². The molecule has 0 fully saturated rings. The molecule has 0 heterocycles. The van der Waals surface area contributed by atoms with Crippen LogP contribution in [0.25, 0.3) is 0 Å². The summed E-state index contributed by atoms with van der Waals surface area (Å²) in [6.07, 6.45) is 2.16. The van der Waals surface area contributed by atoms with Crippen molar-refractivity contribution in [3.8, 4) is 11.5 Å². The third kappa shape index (κ3) is 7.36. The summed E-state index contributed by atoms with van der Waals surface area (Å²) in [7, 11) is 4.19. The third-order valence-electron chi connectivity index (χ3n) is 2.81. The van der Waals surface area contributed by atoms with Gasteiger partial charge in [0.15, 0.2) is 11.5 Å². The van der Waals surface area contributed by atoms with Crippen LogP contribution in [0.1, 0.15) is 19.8 Å². The lowest BCUT2D eigenvalue weighted by Gasteiger charge is -2.13. The Labute approximate surface area is 123 Å². The molecular formula is C16H28N2O2. The maximum atomic E-state index is 5.76. The molecule has 0 aliphatic carbocycles. The Kier molecular flexibility index (Phi) is 8.83. The molecule has 4 heteroatoms. The second-order valence-electron chi connectivity index (χ2n) is 5.05. The van der Waals surface area contributed by atoms with Crippen LogP contribution in [0, 0.1) is 0 Å². The van der Waals surface area contributed by atoms with Gasteiger partial charge in [0.1, 0.15) is 6.61 Å². The van der Waals surface area contributed by atoms with Crippen molar-refractivity contribution in [2.75, 3.05) is 46.9 Å². The van der Waals surface area contributed by atoms with Crippen LogP contribution in [0.3, 0.4) is 0 Å². The first-order valence-electron chi connectivity index (χ1n) is 7.44. The Bertz CT molecular complexity index is 356. The smallest absolute Gasteiger partial charge is 0.161 e. The fraction of sp³-hybridized carbons (Fsp3) is 0.625. The predicted molar refractivity (Wildman–Crippen MR) is 83.8 cm³/mol. The van der Waals surface area contributed by atoms with Crippen molar-refractivity contribution in [2.24, 2.45) is 0 Å². The molecule has 1 N–H and O–H groups in total. The zero-order valence-corrected chi connectivity index (χ0v) is 13.0. The van der Waals surface area contributed by atoms with Crippen molar-refractivity contribution >= 4 is 0 Å². The van der Waals surface area contributed by atoms with E-state index in [2.05, 4.69) is 31.2 Å². The summed E-state index contributed by atoms with van der Waals surface area (Å²) in [4.78, 5) is 2.19. The molecule has 0 spiro atoms. The molecule has 0 saturated carbocycles. The van der Waals surface area contributed by atoms with E-state index in [1.54, 1.807) is 0 Å². The van der Waals surface area contributed by atoms with Gasteiger partial charge < -0.3 is 19.7 Å². The molecular weight excluding hydrogens is 252 g/mol. The summed E-state index contributed by atoms with van der Waals surface area (Å²) in [5.74, 6) is 1.66. The topological polar surface area (TPSA) is 33.7 Å². The largest absolute Gasteiger partial charge is 0.490 e. The van der Waals surface area contributed by atoms with Crippen LogP contribution in [0.15, 0.2) is 24.3 Å². The normalized spacial score (nSPS) is 10.8. The Balaban J connectivity index is 2.18. The zero-order valence-electron chi connectivity index (χ0n) is 13.0. The molecule has 114 valence electrons. The molecule has 0 aliphatic heterocycles. The van der Waals surface area contributed by atoms with E-state index in [1.165, 1.54) is 0 Å². The first kappa shape index (κ1) is 16.8. The number of para-hydroxylation sites is 2. The van der Waals surface area contributed by atoms with Gasteiger partial charge in [-0.2, -0.15) is 0 Å². The number of ether oxygens (including phenoxy) is 2. The highest BCUT2D eigenvalue weighted by atomic mass is 16.5. The minimum Gasteiger partial charge on any atom is -0.490 e. The summed E-state index contributed by atoms with van der Waals surface area (Å²) in [5, 5.41) is 3.38. The fourth-order valence-corrected chi connectivity index (χ4v) is 1.78. The van der Waals surface area contributed by atoms with Crippen molar-refractivity contribution in [1.29, 1.82) is 0 Å². The first-order chi connectivity index (χ1) is 9.74. The van der Waals surface area contributed by atoms with E-state index in [4.69, 9.17) is 9.47 Å². The van der Waals surface area contributed by atoms with Crippen molar-refractivity contribution in [3.63, 3.8) is 0 Å². The van der Waals surface area contributed by atoms with E-state index >= 15 is 0 Å². The molecule has 0 amide bonds. The maximum Gasteiger partial charge on any atom is 0.161 e. The highest BCUT2D eigenvalue weighted by molar-refractivity contribution is 5.39. The van der Waals surface area contributed by atoms with Crippen molar-refractivity contribution in [1.82, 2.24) is 10.2 Å². The van der Waals surface area contributed by atoms with E-state index < -0.39 is 0 Å². The molecule has 4 nitrogen and oxygen atoms in total. The molecule has 0 saturated heterocycles. The number of nitrogens with zero attached hydrogens (tertiary/aromatic N) is 1. The summed E-state index contributed by atoms with van der Waals surface area (Å²) in [6.45, 7) is 6.48. The average molecular weight is 280 g/mol. The predicted octanol–water partition coefficient (Wildman–Crippen LogP) is 2.40. The number of rotatable bonds is 11. The Morgan fingerprint density at radius 3 is 2.25 bits per heavy atom. The third-order valence-corrected chi connectivity index (χ3v) is 2.81. The van der Waals surface area contributed by atoms with Crippen LogP contribution < -0.4 is 14.8 Å². The highest BCUT2D eigenvalue weighted by Crippen LogP contribution is 2.26. The van der Waals surface area contributed by atoms with Gasteiger partial charge >= 0.3 is 0 Å². The monoisotopic (exact) mass is 280 g/mol. The van der Waals surface area contributed by atoms with Gasteiger partial charge in [0, 0.05) is 6.54 Å². The van der Waals surface area contributed by atoms with Crippen LogP contribution in [0.2, 0.25) is 0 Å². The summed E-state index contributed by atoms with van der Waals surface area (Å²) >= 11 is 0. The molecule has 1 aromatic rings. The van der Waals surface area contributed by atoms with Crippen molar-refractivity contribution in [2.45, 2.75) is 19.8 Å². The fourth-order valence-electron chi connectivity index (χ4n) is 1.78. The quantitative estimate of drug-likeness (QED) is 0.631. The van der Waals surface area contributed by atoms with Gasteiger partial charge in [0.05, 0.1) is 6.61 Å². The van der Waals surface area contributed by atoms with Crippen LogP contribution in [0.4, 0.5) is 0 Å². The van der Waals surface area contributed by atoms with Gasteiger partial charge in [-0.05, 0) is 52.2 Å². The van der Waals surface area contributed by atoms with Gasteiger partial charge in [-0.3, -0.25) is 0 Å². The molecule has 20 heavy (non-hydrogen) atoms. The molecule has 0 aromatic heterocycles. The molecule has 0 radical (unpaired) electrons. The summed E-state index contributed by atoms with van der Waals surface area (Å²) in [6, 6.07) is 7.85. The van der Waals surface area contributed by atoms with Crippen LogP contribution in [0.5, 0.6) is 11.5 Å². The Hall–Kier alpha value is -1.26. The number of benzene rings is 1. The summed E-state index contributed by atoms with van der Waals surface area (Å²) < 4.78 is 11.4.